The van der Waals surface area contributed by atoms with E-state index in [1.165, 1.54) is 0 Å². The highest BCUT2D eigenvalue weighted by Crippen LogP contribution is 2.20. The van der Waals surface area contributed by atoms with Crippen LogP contribution < -0.4 is 16.4 Å². The number of hydrogen-bond donors (Lipinski definition) is 3. The molecule has 1 unspecified atom stereocenters. The van der Waals surface area contributed by atoms with Crippen LogP contribution in [0.2, 0.25) is 0 Å². The molecule has 0 spiro atoms. The van der Waals surface area contributed by atoms with Gasteiger partial charge in [0.1, 0.15) is 0 Å². The number of amides is 1. The van der Waals surface area contributed by atoms with Gasteiger partial charge in [-0.15, -0.1) is 0 Å². The molecule has 1 atom stereocenters. The molecule has 0 saturated carbocycles. The number of rotatable bonds is 6. The third-order valence-electron chi connectivity index (χ3n) is 3.12. The molecule has 1 amide bonds. The summed E-state index contributed by atoms with van der Waals surface area (Å²) in [6, 6.07) is 5.74. The van der Waals surface area contributed by atoms with Crippen LogP contribution in [-0.2, 0) is 0 Å². The number of carbonyl (C=O) groups is 1. The summed E-state index contributed by atoms with van der Waals surface area (Å²) in [5.74, 6) is -0.0950. The largest absolute Gasteiger partial charge is 0.397 e. The summed E-state index contributed by atoms with van der Waals surface area (Å²) in [7, 11) is 4.07. The van der Waals surface area contributed by atoms with E-state index in [4.69, 9.17) is 5.73 Å². The first-order chi connectivity index (χ1) is 8.95. The van der Waals surface area contributed by atoms with Crippen molar-refractivity contribution in [1.82, 2.24) is 10.2 Å². The predicted molar refractivity (Wildman–Crippen MR) is 80.5 cm³/mol. The van der Waals surface area contributed by atoms with Crippen LogP contribution in [0.3, 0.4) is 0 Å². The minimum Gasteiger partial charge on any atom is -0.397 e. The van der Waals surface area contributed by atoms with E-state index in [0.717, 1.165) is 12.2 Å². The minimum absolute atomic E-state index is 0.0950. The van der Waals surface area contributed by atoms with Crippen LogP contribution in [-0.4, -0.2) is 44.0 Å². The fourth-order valence-corrected chi connectivity index (χ4v) is 1.57. The lowest BCUT2D eigenvalue weighted by molar-refractivity contribution is 0.0956. The molecule has 0 aliphatic heterocycles. The molecule has 1 aromatic carbocycles. The van der Waals surface area contributed by atoms with E-state index in [1.807, 2.05) is 27.1 Å². The van der Waals surface area contributed by atoms with E-state index in [-0.39, 0.29) is 5.91 Å². The standard InChI is InChI=1S/C14H24N4O/c1-5-16-14(19)11-6-7-13(12(15)8-11)17-9-10(2)18(3)4/h6-8,10,17H,5,9,15H2,1-4H3,(H,16,19). The number of nitrogens with one attached hydrogen (secondary N) is 2. The first-order valence-corrected chi connectivity index (χ1v) is 6.53. The Morgan fingerprint density at radius 3 is 2.63 bits per heavy atom. The van der Waals surface area contributed by atoms with Crippen LogP contribution in [0.1, 0.15) is 24.2 Å². The number of benzene rings is 1. The normalized spacial score (nSPS) is 12.3. The highest BCUT2D eigenvalue weighted by atomic mass is 16.1. The van der Waals surface area contributed by atoms with Crippen LogP contribution >= 0.6 is 0 Å². The van der Waals surface area contributed by atoms with Crippen molar-refractivity contribution in [1.29, 1.82) is 0 Å². The lowest BCUT2D eigenvalue weighted by Gasteiger charge is -2.21. The highest BCUT2D eigenvalue weighted by molar-refractivity contribution is 5.96. The molecule has 106 valence electrons. The second-order valence-electron chi connectivity index (χ2n) is 4.86. The van der Waals surface area contributed by atoms with E-state index in [0.29, 0.717) is 23.8 Å². The molecule has 0 aliphatic rings. The molecular weight excluding hydrogens is 240 g/mol. The third kappa shape index (κ3) is 4.44. The molecule has 5 heteroatoms. The number of nitrogens with two attached hydrogens (primary N) is 1. The Balaban J connectivity index is 2.69. The number of likely N-dealkylation sites (N-methyl/N-ethyl adjacent to an activating group) is 1. The summed E-state index contributed by atoms with van der Waals surface area (Å²) in [6.07, 6.45) is 0. The molecular formula is C14H24N4O. The van der Waals surface area contributed by atoms with Crippen molar-refractivity contribution < 1.29 is 4.79 Å². The van der Waals surface area contributed by atoms with E-state index in [9.17, 15) is 4.79 Å². The Kier molecular flexibility index (Phi) is 5.63. The molecule has 1 rings (SSSR count). The number of carbonyl (C=O) groups excluding carboxylic acids is 1. The lowest BCUT2D eigenvalue weighted by atomic mass is 10.1. The van der Waals surface area contributed by atoms with Gasteiger partial charge in [-0.3, -0.25) is 4.79 Å². The number of hydrogen-bond acceptors (Lipinski definition) is 4. The van der Waals surface area contributed by atoms with Gasteiger partial charge < -0.3 is 21.3 Å². The van der Waals surface area contributed by atoms with Gasteiger partial charge in [0.25, 0.3) is 5.91 Å². The van der Waals surface area contributed by atoms with Crippen LogP contribution in [0.4, 0.5) is 11.4 Å². The van der Waals surface area contributed by atoms with Gasteiger partial charge >= 0.3 is 0 Å². The summed E-state index contributed by atoms with van der Waals surface area (Å²) in [4.78, 5) is 13.8. The Morgan fingerprint density at radius 1 is 1.42 bits per heavy atom. The van der Waals surface area contributed by atoms with Gasteiger partial charge in [0, 0.05) is 24.7 Å². The monoisotopic (exact) mass is 264 g/mol. The molecule has 19 heavy (non-hydrogen) atoms. The topological polar surface area (TPSA) is 70.4 Å². The number of nitrogen functional groups attached to an aromatic ring is 1. The fraction of sp³-hybridized carbons (Fsp3) is 0.500. The van der Waals surface area contributed by atoms with Crippen molar-refractivity contribution in [2.75, 3.05) is 38.2 Å². The zero-order chi connectivity index (χ0) is 14.4. The van der Waals surface area contributed by atoms with Crippen molar-refractivity contribution >= 4 is 17.3 Å². The first kappa shape index (κ1) is 15.3. The fourth-order valence-electron chi connectivity index (χ4n) is 1.57. The van der Waals surface area contributed by atoms with Crippen molar-refractivity contribution in [3.63, 3.8) is 0 Å². The highest BCUT2D eigenvalue weighted by Gasteiger charge is 2.08. The van der Waals surface area contributed by atoms with E-state index < -0.39 is 0 Å². The summed E-state index contributed by atoms with van der Waals surface area (Å²) in [5.41, 5.74) is 8.01. The predicted octanol–water partition coefficient (Wildman–Crippen LogP) is 1.38. The first-order valence-electron chi connectivity index (χ1n) is 6.53. The summed E-state index contributed by atoms with van der Waals surface area (Å²) < 4.78 is 0. The third-order valence-corrected chi connectivity index (χ3v) is 3.12. The van der Waals surface area contributed by atoms with E-state index in [1.54, 1.807) is 12.1 Å². The van der Waals surface area contributed by atoms with Gasteiger partial charge in [0.15, 0.2) is 0 Å². The second kappa shape index (κ2) is 6.99. The molecule has 0 heterocycles. The Morgan fingerprint density at radius 2 is 2.11 bits per heavy atom. The summed E-state index contributed by atoms with van der Waals surface area (Å²) in [5, 5.41) is 6.05. The second-order valence-corrected chi connectivity index (χ2v) is 4.86. The maximum atomic E-state index is 11.7. The van der Waals surface area contributed by atoms with Gasteiger partial charge in [-0.1, -0.05) is 0 Å². The van der Waals surface area contributed by atoms with Crippen LogP contribution in [0.5, 0.6) is 0 Å². The van der Waals surface area contributed by atoms with Crippen molar-refractivity contribution in [3.8, 4) is 0 Å². The maximum absolute atomic E-state index is 11.7. The van der Waals surface area contributed by atoms with Gasteiger partial charge in [-0.05, 0) is 46.1 Å². The van der Waals surface area contributed by atoms with Gasteiger partial charge in [-0.25, -0.2) is 0 Å². The summed E-state index contributed by atoms with van der Waals surface area (Å²) >= 11 is 0. The lowest BCUT2D eigenvalue weighted by Crippen LogP contribution is -2.31. The molecule has 0 fully saturated rings. The average molecular weight is 264 g/mol. The molecule has 0 aromatic heterocycles. The van der Waals surface area contributed by atoms with Crippen molar-refractivity contribution in [2.45, 2.75) is 19.9 Å². The van der Waals surface area contributed by atoms with Gasteiger partial charge in [-0.2, -0.15) is 0 Å². The Labute approximate surface area is 115 Å². The van der Waals surface area contributed by atoms with Crippen LogP contribution in [0, 0.1) is 0 Å². The SMILES string of the molecule is CCNC(=O)c1ccc(NCC(C)N(C)C)c(N)c1. The minimum atomic E-state index is -0.0950. The molecule has 1 aromatic rings. The quantitative estimate of drug-likeness (QED) is 0.679. The zero-order valence-electron chi connectivity index (χ0n) is 12.2. The molecule has 0 bridgehead atoms. The van der Waals surface area contributed by atoms with Crippen molar-refractivity contribution in [2.24, 2.45) is 0 Å². The van der Waals surface area contributed by atoms with Crippen molar-refractivity contribution in [3.05, 3.63) is 23.8 Å². The molecule has 0 saturated heterocycles. The number of nitrogens with zero attached hydrogens (tertiary/aromatic N) is 1. The summed E-state index contributed by atoms with van der Waals surface area (Å²) in [6.45, 7) is 5.43. The Hall–Kier alpha value is -1.75. The zero-order valence-corrected chi connectivity index (χ0v) is 12.2. The number of anilines is 2. The maximum Gasteiger partial charge on any atom is 0.251 e. The smallest absolute Gasteiger partial charge is 0.251 e. The van der Waals surface area contributed by atoms with E-state index >= 15 is 0 Å². The molecule has 0 aliphatic carbocycles. The van der Waals surface area contributed by atoms with Gasteiger partial charge in [0.05, 0.1) is 11.4 Å². The molecule has 4 N–H and O–H groups in total. The Bertz CT molecular complexity index is 431. The molecule has 0 radical (unpaired) electrons. The molecule has 5 nitrogen and oxygen atoms in total. The van der Waals surface area contributed by atoms with Crippen LogP contribution in [0.25, 0.3) is 0 Å². The van der Waals surface area contributed by atoms with E-state index in [2.05, 4.69) is 22.5 Å². The average Bonchev–Trinajstić information content (AvgIpc) is 2.36. The van der Waals surface area contributed by atoms with Crippen LogP contribution in [0.15, 0.2) is 18.2 Å². The van der Waals surface area contributed by atoms with Gasteiger partial charge in [0.2, 0.25) is 0 Å².